The molecule has 3 heteroatoms. The Morgan fingerprint density at radius 1 is 1.83 bits per heavy atom. The molecule has 64 valence electrons. The third-order valence-corrected chi connectivity index (χ3v) is 3.34. The van der Waals surface area contributed by atoms with Crippen molar-refractivity contribution in [3.63, 3.8) is 0 Å². The predicted molar refractivity (Wildman–Crippen MR) is 55.2 cm³/mol. The molecule has 0 spiro atoms. The highest BCUT2D eigenvalue weighted by molar-refractivity contribution is 7.99. The summed E-state index contributed by atoms with van der Waals surface area (Å²) in [4.78, 5) is 13.1. The van der Waals surface area contributed by atoms with E-state index in [0.29, 0.717) is 0 Å². The van der Waals surface area contributed by atoms with Gasteiger partial charge in [-0.3, -0.25) is 4.79 Å². The molecule has 0 N–H and O–H groups in total. The topological polar surface area (TPSA) is 17.1 Å². The Morgan fingerprint density at radius 2 is 2.58 bits per heavy atom. The summed E-state index contributed by atoms with van der Waals surface area (Å²) in [7, 11) is 0. The second-order valence-electron chi connectivity index (χ2n) is 2.12. The molecule has 0 saturated heterocycles. The standard InChI is InChI=1S/C9H10OS2/c1-3-7(10)9-8(11-4-2)5-6-12-9/h3,5-6H,1,4H2,2H3. The molecule has 0 bridgehead atoms. The molecule has 0 unspecified atom stereocenters. The fourth-order valence-electron chi connectivity index (χ4n) is 0.839. The van der Waals surface area contributed by atoms with Crippen LogP contribution in [0, 0.1) is 0 Å². The van der Waals surface area contributed by atoms with E-state index >= 15 is 0 Å². The maximum atomic E-state index is 11.2. The first kappa shape index (κ1) is 9.55. The molecule has 0 saturated carbocycles. The molecular weight excluding hydrogens is 188 g/mol. The van der Waals surface area contributed by atoms with Gasteiger partial charge in [-0.1, -0.05) is 13.5 Å². The van der Waals surface area contributed by atoms with Crippen LogP contribution in [0.2, 0.25) is 0 Å². The first-order valence-corrected chi connectivity index (χ1v) is 5.53. The van der Waals surface area contributed by atoms with Gasteiger partial charge >= 0.3 is 0 Å². The highest BCUT2D eigenvalue weighted by atomic mass is 32.2. The van der Waals surface area contributed by atoms with Gasteiger partial charge in [0, 0.05) is 4.90 Å². The molecule has 0 aromatic carbocycles. The summed E-state index contributed by atoms with van der Waals surface area (Å²) < 4.78 is 0. The van der Waals surface area contributed by atoms with Gasteiger partial charge in [0.2, 0.25) is 0 Å². The molecule has 1 aromatic rings. The maximum absolute atomic E-state index is 11.2. The zero-order valence-electron chi connectivity index (χ0n) is 6.87. The molecule has 0 atom stereocenters. The lowest BCUT2D eigenvalue weighted by Crippen LogP contribution is -1.90. The number of allylic oxidation sites excluding steroid dienone is 1. The van der Waals surface area contributed by atoms with Crippen LogP contribution in [0.25, 0.3) is 0 Å². The molecule has 0 fully saturated rings. The van der Waals surface area contributed by atoms with Gasteiger partial charge in [-0.05, 0) is 23.3 Å². The van der Waals surface area contributed by atoms with Gasteiger partial charge in [-0.2, -0.15) is 0 Å². The van der Waals surface area contributed by atoms with Crippen LogP contribution in [0.3, 0.4) is 0 Å². The summed E-state index contributed by atoms with van der Waals surface area (Å²) in [6.45, 7) is 5.54. The van der Waals surface area contributed by atoms with Crippen molar-refractivity contribution in [3.8, 4) is 0 Å². The van der Waals surface area contributed by atoms with E-state index in [2.05, 4.69) is 13.5 Å². The second-order valence-corrected chi connectivity index (χ2v) is 4.34. The van der Waals surface area contributed by atoms with Crippen LogP contribution in [0.4, 0.5) is 0 Å². The molecule has 12 heavy (non-hydrogen) atoms. The van der Waals surface area contributed by atoms with Gasteiger partial charge in [-0.25, -0.2) is 0 Å². The molecule has 0 aliphatic carbocycles. The minimum atomic E-state index is 0.0287. The van der Waals surface area contributed by atoms with Gasteiger partial charge in [0.15, 0.2) is 5.78 Å². The van der Waals surface area contributed by atoms with Crippen molar-refractivity contribution in [2.24, 2.45) is 0 Å². The number of ketones is 1. The zero-order valence-corrected chi connectivity index (χ0v) is 8.50. The molecule has 1 aromatic heterocycles. The van der Waals surface area contributed by atoms with E-state index in [1.54, 1.807) is 11.8 Å². The lowest BCUT2D eigenvalue weighted by Gasteiger charge is -1.96. The summed E-state index contributed by atoms with van der Waals surface area (Å²) in [5, 5.41) is 1.94. The normalized spacial score (nSPS) is 9.75. The Kier molecular flexibility index (Phi) is 3.56. The summed E-state index contributed by atoms with van der Waals surface area (Å²) in [5.41, 5.74) is 0. The molecule has 0 aliphatic rings. The molecular formula is C9H10OS2. The fraction of sp³-hybridized carbons (Fsp3) is 0.222. The number of carbonyl (C=O) groups excluding carboxylic acids is 1. The number of thiophene rings is 1. The highest BCUT2D eigenvalue weighted by Gasteiger charge is 2.08. The van der Waals surface area contributed by atoms with E-state index < -0.39 is 0 Å². The van der Waals surface area contributed by atoms with Crippen LogP contribution in [0.1, 0.15) is 16.6 Å². The summed E-state index contributed by atoms with van der Waals surface area (Å²) >= 11 is 3.17. The first-order chi connectivity index (χ1) is 5.79. The van der Waals surface area contributed by atoms with Crippen LogP contribution in [0.5, 0.6) is 0 Å². The van der Waals surface area contributed by atoms with E-state index in [1.807, 2.05) is 11.4 Å². The molecule has 1 heterocycles. The van der Waals surface area contributed by atoms with Crippen molar-refractivity contribution in [3.05, 3.63) is 29.0 Å². The van der Waals surface area contributed by atoms with Gasteiger partial charge in [0.25, 0.3) is 0 Å². The van der Waals surface area contributed by atoms with Gasteiger partial charge in [0.1, 0.15) is 0 Å². The largest absolute Gasteiger partial charge is 0.288 e. The monoisotopic (exact) mass is 198 g/mol. The Labute approximate surface area is 80.5 Å². The van der Waals surface area contributed by atoms with Crippen LogP contribution >= 0.6 is 23.1 Å². The Hall–Kier alpha value is -0.540. The average Bonchev–Trinajstić information content (AvgIpc) is 2.52. The minimum absolute atomic E-state index is 0.0287. The molecule has 1 rings (SSSR count). The number of hydrogen-bond donors (Lipinski definition) is 0. The zero-order chi connectivity index (χ0) is 8.97. The van der Waals surface area contributed by atoms with E-state index in [0.717, 1.165) is 15.5 Å². The molecule has 1 nitrogen and oxygen atoms in total. The van der Waals surface area contributed by atoms with Crippen LogP contribution in [-0.4, -0.2) is 11.5 Å². The Bertz CT molecular complexity index is 288. The predicted octanol–water partition coefficient (Wildman–Crippen LogP) is 3.23. The number of carbonyl (C=O) groups is 1. The highest BCUT2D eigenvalue weighted by Crippen LogP contribution is 2.27. The molecule has 0 amide bonds. The smallest absolute Gasteiger partial charge is 0.196 e. The molecule has 0 radical (unpaired) electrons. The van der Waals surface area contributed by atoms with Crippen molar-refractivity contribution < 1.29 is 4.79 Å². The maximum Gasteiger partial charge on any atom is 0.196 e. The lowest BCUT2D eigenvalue weighted by atomic mass is 10.3. The minimum Gasteiger partial charge on any atom is -0.288 e. The lowest BCUT2D eigenvalue weighted by molar-refractivity contribution is 0.104. The third kappa shape index (κ3) is 1.99. The summed E-state index contributed by atoms with van der Waals surface area (Å²) in [6.07, 6.45) is 1.37. The average molecular weight is 198 g/mol. The van der Waals surface area contributed by atoms with Gasteiger partial charge in [-0.15, -0.1) is 23.1 Å². The SMILES string of the molecule is C=CC(=O)c1sccc1SCC. The molecule has 0 aliphatic heterocycles. The van der Waals surface area contributed by atoms with Crippen molar-refractivity contribution in [2.45, 2.75) is 11.8 Å². The van der Waals surface area contributed by atoms with Crippen molar-refractivity contribution in [2.75, 3.05) is 5.75 Å². The number of thioether (sulfide) groups is 1. The van der Waals surface area contributed by atoms with E-state index in [1.165, 1.54) is 17.4 Å². The van der Waals surface area contributed by atoms with E-state index in [4.69, 9.17) is 0 Å². The van der Waals surface area contributed by atoms with Crippen LogP contribution in [0.15, 0.2) is 29.0 Å². The Balaban J connectivity index is 2.90. The van der Waals surface area contributed by atoms with Crippen LogP contribution < -0.4 is 0 Å². The summed E-state index contributed by atoms with van der Waals surface area (Å²) in [5.74, 6) is 1.02. The number of rotatable bonds is 4. The summed E-state index contributed by atoms with van der Waals surface area (Å²) in [6, 6.07) is 1.98. The quantitative estimate of drug-likeness (QED) is 0.420. The third-order valence-electron chi connectivity index (χ3n) is 1.34. The van der Waals surface area contributed by atoms with Crippen molar-refractivity contribution >= 4 is 28.9 Å². The fourth-order valence-corrected chi connectivity index (χ4v) is 2.68. The first-order valence-electron chi connectivity index (χ1n) is 3.66. The number of hydrogen-bond acceptors (Lipinski definition) is 3. The van der Waals surface area contributed by atoms with E-state index in [-0.39, 0.29) is 5.78 Å². The van der Waals surface area contributed by atoms with Gasteiger partial charge < -0.3 is 0 Å². The van der Waals surface area contributed by atoms with Crippen molar-refractivity contribution in [1.29, 1.82) is 0 Å². The van der Waals surface area contributed by atoms with E-state index in [9.17, 15) is 4.79 Å². The Morgan fingerprint density at radius 3 is 3.17 bits per heavy atom. The van der Waals surface area contributed by atoms with Gasteiger partial charge in [0.05, 0.1) is 4.88 Å². The van der Waals surface area contributed by atoms with Crippen molar-refractivity contribution in [1.82, 2.24) is 0 Å². The second kappa shape index (κ2) is 4.48. The van der Waals surface area contributed by atoms with Crippen LogP contribution in [-0.2, 0) is 0 Å².